The van der Waals surface area contributed by atoms with Gasteiger partial charge in [-0.05, 0) is 6.07 Å². The lowest BCUT2D eigenvalue weighted by molar-refractivity contribution is 0.0600. The lowest BCUT2D eigenvalue weighted by Gasteiger charge is -2.04. The normalized spacial score (nSPS) is 10.9. The number of ether oxygens (including phenoxy) is 1. The molecule has 2 rings (SSSR count). The molecule has 0 spiro atoms. The molecule has 0 aliphatic heterocycles. The highest BCUT2D eigenvalue weighted by molar-refractivity contribution is 6.33. The van der Waals surface area contributed by atoms with Crippen molar-refractivity contribution in [2.24, 2.45) is 0 Å². The first kappa shape index (κ1) is 15.1. The number of methoxy groups -OCH3 is 1. The van der Waals surface area contributed by atoms with Crippen molar-refractivity contribution >= 4 is 23.6 Å². The van der Waals surface area contributed by atoms with Gasteiger partial charge in [0.15, 0.2) is 5.76 Å². The highest BCUT2D eigenvalue weighted by Crippen LogP contribution is 2.32. The van der Waals surface area contributed by atoms with Gasteiger partial charge in [-0.15, -0.1) is 0 Å². The zero-order chi connectivity index (χ0) is 15.4. The second-order valence-electron chi connectivity index (χ2n) is 4.52. The number of hydrogen-bond donors (Lipinski definition) is 0. The summed E-state index contributed by atoms with van der Waals surface area (Å²) < 4.78 is 10.1. The first-order chi connectivity index (χ1) is 10.0. The van der Waals surface area contributed by atoms with Gasteiger partial charge in [0, 0.05) is 31.9 Å². The summed E-state index contributed by atoms with van der Waals surface area (Å²) in [6.07, 6.45) is 3.41. The van der Waals surface area contributed by atoms with Crippen molar-refractivity contribution in [2.75, 3.05) is 21.2 Å². The summed E-state index contributed by atoms with van der Waals surface area (Å²) in [6.45, 7) is 0. The van der Waals surface area contributed by atoms with Crippen molar-refractivity contribution in [2.45, 2.75) is 0 Å². The van der Waals surface area contributed by atoms with Crippen LogP contribution in [0.5, 0.6) is 0 Å². The van der Waals surface area contributed by atoms with Gasteiger partial charge < -0.3 is 14.2 Å². The zero-order valence-corrected chi connectivity index (χ0v) is 12.7. The van der Waals surface area contributed by atoms with Gasteiger partial charge in [0.1, 0.15) is 11.3 Å². The van der Waals surface area contributed by atoms with Gasteiger partial charge in [-0.2, -0.15) is 0 Å². The van der Waals surface area contributed by atoms with E-state index in [0.29, 0.717) is 22.0 Å². The Balaban J connectivity index is 2.57. The van der Waals surface area contributed by atoms with Gasteiger partial charge in [-0.3, -0.25) is 0 Å². The molecule has 0 unspecified atom stereocenters. The molecule has 0 saturated heterocycles. The predicted octanol–water partition coefficient (Wildman–Crippen LogP) is 3.31. The number of rotatable bonds is 4. The monoisotopic (exact) mass is 306 g/mol. The van der Waals surface area contributed by atoms with E-state index in [-0.39, 0.29) is 5.56 Å². The van der Waals surface area contributed by atoms with Crippen LogP contribution in [0.25, 0.3) is 17.3 Å². The maximum atomic E-state index is 12.0. The van der Waals surface area contributed by atoms with E-state index in [9.17, 15) is 4.79 Å². The van der Waals surface area contributed by atoms with Crippen LogP contribution in [0.2, 0.25) is 5.02 Å². The van der Waals surface area contributed by atoms with Crippen LogP contribution in [0.15, 0.2) is 35.0 Å². The van der Waals surface area contributed by atoms with Gasteiger partial charge in [0.25, 0.3) is 0 Å². The van der Waals surface area contributed by atoms with Crippen LogP contribution in [0, 0.1) is 0 Å². The third-order valence-corrected chi connectivity index (χ3v) is 3.09. The van der Waals surface area contributed by atoms with Crippen LogP contribution in [0.3, 0.4) is 0 Å². The number of nitrogens with zero attached hydrogens (tertiary/aromatic N) is 2. The van der Waals surface area contributed by atoms with E-state index in [1.165, 1.54) is 7.11 Å². The molecule has 0 N–H and O–H groups in total. The van der Waals surface area contributed by atoms with Gasteiger partial charge in [-0.25, -0.2) is 4.79 Å². The number of hydrogen-bond acceptors (Lipinski definition) is 5. The Labute approximate surface area is 127 Å². The van der Waals surface area contributed by atoms with Crippen molar-refractivity contribution < 1.29 is 14.1 Å². The molecule has 1 aromatic heterocycles. The molecule has 0 bridgehead atoms. The van der Waals surface area contributed by atoms with Crippen molar-refractivity contribution in [3.8, 4) is 11.3 Å². The summed E-state index contributed by atoms with van der Waals surface area (Å²) >= 11 is 6.16. The third-order valence-electron chi connectivity index (χ3n) is 2.76. The third kappa shape index (κ3) is 3.25. The van der Waals surface area contributed by atoms with Gasteiger partial charge in [0.2, 0.25) is 0 Å². The molecule has 1 aromatic carbocycles. The Morgan fingerprint density at radius 3 is 2.71 bits per heavy atom. The van der Waals surface area contributed by atoms with Crippen LogP contribution in [0.1, 0.15) is 16.1 Å². The molecule has 0 fully saturated rings. The SMILES string of the molecule is COC(=O)c1c(-c2ccccc2Cl)noc1/C=C/N(C)C. The molecule has 0 aliphatic rings. The van der Waals surface area contributed by atoms with E-state index in [1.807, 2.05) is 25.1 Å². The first-order valence-electron chi connectivity index (χ1n) is 6.22. The first-order valence-corrected chi connectivity index (χ1v) is 6.60. The highest BCUT2D eigenvalue weighted by Gasteiger charge is 2.24. The summed E-state index contributed by atoms with van der Waals surface area (Å²) in [5.41, 5.74) is 1.24. The highest BCUT2D eigenvalue weighted by atomic mass is 35.5. The number of esters is 1. The molecule has 0 atom stereocenters. The van der Waals surface area contributed by atoms with Crippen molar-refractivity contribution in [1.82, 2.24) is 10.1 Å². The Morgan fingerprint density at radius 1 is 1.38 bits per heavy atom. The Morgan fingerprint density at radius 2 is 2.10 bits per heavy atom. The number of carbonyl (C=O) groups is 1. The molecule has 0 saturated carbocycles. The molecule has 1 heterocycles. The standard InChI is InChI=1S/C15H15ClN2O3/c1-18(2)9-8-12-13(15(19)20-3)14(17-21-12)10-6-4-5-7-11(10)16/h4-9H,1-3H3/b9-8+. The van der Waals surface area contributed by atoms with Gasteiger partial charge >= 0.3 is 5.97 Å². The summed E-state index contributed by atoms with van der Waals surface area (Å²) in [5, 5.41) is 4.45. The smallest absolute Gasteiger partial charge is 0.344 e. The van der Waals surface area contributed by atoms with Gasteiger partial charge in [-0.1, -0.05) is 35.0 Å². The van der Waals surface area contributed by atoms with E-state index in [0.717, 1.165) is 0 Å². The fraction of sp³-hybridized carbons (Fsp3) is 0.200. The van der Waals surface area contributed by atoms with Crippen molar-refractivity contribution in [1.29, 1.82) is 0 Å². The second kappa shape index (κ2) is 6.45. The minimum absolute atomic E-state index is 0.253. The van der Waals surface area contributed by atoms with E-state index in [2.05, 4.69) is 5.16 Å². The molecular weight excluding hydrogens is 292 g/mol. The minimum Gasteiger partial charge on any atom is -0.465 e. The molecule has 0 amide bonds. The van der Waals surface area contributed by atoms with Crippen LogP contribution < -0.4 is 0 Å². The lowest BCUT2D eigenvalue weighted by Crippen LogP contribution is -2.04. The van der Waals surface area contributed by atoms with E-state index in [4.69, 9.17) is 20.9 Å². The Hall–Kier alpha value is -2.27. The Kier molecular flexibility index (Phi) is 4.65. The number of aromatic nitrogens is 1. The lowest BCUT2D eigenvalue weighted by atomic mass is 10.1. The fourth-order valence-electron chi connectivity index (χ4n) is 1.77. The summed E-state index contributed by atoms with van der Waals surface area (Å²) in [5.74, 6) is -0.199. The van der Waals surface area contributed by atoms with E-state index >= 15 is 0 Å². The number of benzene rings is 1. The van der Waals surface area contributed by atoms with Crippen LogP contribution in [-0.4, -0.2) is 37.2 Å². The molecule has 0 aliphatic carbocycles. The maximum absolute atomic E-state index is 12.0. The zero-order valence-electron chi connectivity index (χ0n) is 12.0. The quantitative estimate of drug-likeness (QED) is 0.811. The largest absolute Gasteiger partial charge is 0.465 e. The predicted molar refractivity (Wildman–Crippen MR) is 81.0 cm³/mol. The summed E-state index contributed by atoms with van der Waals surface area (Å²) in [7, 11) is 5.03. The second-order valence-corrected chi connectivity index (χ2v) is 4.93. The van der Waals surface area contributed by atoms with E-state index in [1.54, 1.807) is 30.5 Å². The topological polar surface area (TPSA) is 55.6 Å². The molecule has 5 nitrogen and oxygen atoms in total. The Bertz CT molecular complexity index is 677. The van der Waals surface area contributed by atoms with Crippen LogP contribution in [0.4, 0.5) is 0 Å². The molecule has 0 radical (unpaired) electrons. The van der Waals surface area contributed by atoms with Crippen molar-refractivity contribution in [3.63, 3.8) is 0 Å². The van der Waals surface area contributed by atoms with Crippen LogP contribution >= 0.6 is 11.6 Å². The molecule has 21 heavy (non-hydrogen) atoms. The van der Waals surface area contributed by atoms with Crippen LogP contribution in [-0.2, 0) is 4.74 Å². The summed E-state index contributed by atoms with van der Waals surface area (Å²) in [6, 6.07) is 7.11. The molecule has 6 heteroatoms. The van der Waals surface area contributed by atoms with Gasteiger partial charge in [0.05, 0.1) is 12.1 Å². The minimum atomic E-state index is -0.524. The average Bonchev–Trinajstić information content (AvgIpc) is 2.88. The number of halogens is 1. The summed E-state index contributed by atoms with van der Waals surface area (Å²) in [4.78, 5) is 13.9. The molecule has 110 valence electrons. The maximum Gasteiger partial charge on any atom is 0.344 e. The fourth-order valence-corrected chi connectivity index (χ4v) is 1.99. The molecule has 2 aromatic rings. The molecular formula is C15H15ClN2O3. The number of carbonyl (C=O) groups excluding carboxylic acids is 1. The van der Waals surface area contributed by atoms with Crippen molar-refractivity contribution in [3.05, 3.63) is 46.8 Å². The van der Waals surface area contributed by atoms with E-state index < -0.39 is 5.97 Å². The average molecular weight is 307 g/mol.